The summed E-state index contributed by atoms with van der Waals surface area (Å²) in [6, 6.07) is 3.94. The standard InChI is InChI=1S/C16H22BrFN2S/c1-16(2)8-6-10(7-9-16)20(3)12-5-4-11(15(19)21)13(17)14(12)18/h4-5,10H,6-9H2,1-3H3,(H2,19,21). The van der Waals surface area contributed by atoms with E-state index in [1.165, 1.54) is 12.8 Å². The number of benzene rings is 1. The molecule has 1 aliphatic rings. The van der Waals surface area contributed by atoms with Crippen LogP contribution in [0.4, 0.5) is 10.1 Å². The topological polar surface area (TPSA) is 29.3 Å². The molecule has 2 N–H and O–H groups in total. The number of hydrogen-bond donors (Lipinski definition) is 1. The van der Waals surface area contributed by atoms with Gasteiger partial charge in [0.05, 0.1) is 10.2 Å². The Morgan fingerprint density at radius 2 is 1.95 bits per heavy atom. The van der Waals surface area contributed by atoms with Crippen LogP contribution in [-0.4, -0.2) is 18.1 Å². The maximum atomic E-state index is 14.6. The molecule has 1 aromatic rings. The Balaban J connectivity index is 2.22. The van der Waals surface area contributed by atoms with Crippen LogP contribution in [0.2, 0.25) is 0 Å². The molecule has 0 atom stereocenters. The molecule has 1 aliphatic carbocycles. The van der Waals surface area contributed by atoms with Gasteiger partial charge in [-0.1, -0.05) is 26.1 Å². The van der Waals surface area contributed by atoms with Crippen LogP contribution in [-0.2, 0) is 0 Å². The van der Waals surface area contributed by atoms with E-state index < -0.39 is 0 Å². The van der Waals surface area contributed by atoms with Gasteiger partial charge >= 0.3 is 0 Å². The van der Waals surface area contributed by atoms with Gasteiger partial charge in [-0.3, -0.25) is 0 Å². The second-order valence-electron chi connectivity index (χ2n) is 6.63. The quantitative estimate of drug-likeness (QED) is 0.784. The smallest absolute Gasteiger partial charge is 0.161 e. The van der Waals surface area contributed by atoms with Crippen LogP contribution < -0.4 is 10.6 Å². The summed E-state index contributed by atoms with van der Waals surface area (Å²) in [4.78, 5) is 2.26. The molecule has 21 heavy (non-hydrogen) atoms. The van der Waals surface area contributed by atoms with Crippen molar-refractivity contribution in [2.75, 3.05) is 11.9 Å². The van der Waals surface area contributed by atoms with Crippen LogP contribution >= 0.6 is 28.1 Å². The van der Waals surface area contributed by atoms with Gasteiger partial charge < -0.3 is 10.6 Å². The number of halogens is 2. The summed E-state index contributed by atoms with van der Waals surface area (Å²) >= 11 is 8.21. The van der Waals surface area contributed by atoms with E-state index in [1.807, 2.05) is 7.05 Å². The molecule has 0 radical (unpaired) electrons. The Labute approximate surface area is 140 Å². The zero-order valence-electron chi connectivity index (χ0n) is 12.7. The van der Waals surface area contributed by atoms with Crippen LogP contribution in [0.5, 0.6) is 0 Å². The monoisotopic (exact) mass is 372 g/mol. The van der Waals surface area contributed by atoms with E-state index >= 15 is 0 Å². The van der Waals surface area contributed by atoms with E-state index in [1.54, 1.807) is 12.1 Å². The normalized spacial score (nSPS) is 18.5. The van der Waals surface area contributed by atoms with Gasteiger partial charge in [-0.15, -0.1) is 0 Å². The first-order valence-corrected chi connectivity index (χ1v) is 8.44. The number of anilines is 1. The van der Waals surface area contributed by atoms with Crippen LogP contribution in [0.15, 0.2) is 16.6 Å². The van der Waals surface area contributed by atoms with Crippen LogP contribution in [0.1, 0.15) is 45.1 Å². The van der Waals surface area contributed by atoms with Gasteiger partial charge in [0.15, 0.2) is 5.82 Å². The number of nitrogens with zero attached hydrogens (tertiary/aromatic N) is 1. The second-order valence-corrected chi connectivity index (χ2v) is 7.86. The highest BCUT2D eigenvalue weighted by Crippen LogP contribution is 2.39. The third-order valence-electron chi connectivity index (χ3n) is 4.56. The number of nitrogens with two attached hydrogens (primary N) is 1. The van der Waals surface area contributed by atoms with Crippen LogP contribution in [0, 0.1) is 11.2 Å². The Hall–Kier alpha value is -0.680. The van der Waals surface area contributed by atoms with Crippen molar-refractivity contribution in [3.8, 4) is 0 Å². The molecule has 2 nitrogen and oxygen atoms in total. The van der Waals surface area contributed by atoms with Crippen molar-refractivity contribution in [2.24, 2.45) is 11.1 Å². The fraction of sp³-hybridized carbons (Fsp3) is 0.562. The third kappa shape index (κ3) is 3.57. The van der Waals surface area contributed by atoms with Crippen molar-refractivity contribution in [3.05, 3.63) is 28.0 Å². The molecule has 0 bridgehead atoms. The van der Waals surface area contributed by atoms with Gasteiger partial charge in [0.25, 0.3) is 0 Å². The first kappa shape index (κ1) is 16.7. The molecule has 0 unspecified atom stereocenters. The summed E-state index contributed by atoms with van der Waals surface area (Å²) in [5.74, 6) is -0.285. The molecule has 0 amide bonds. The molecule has 0 aliphatic heterocycles. The number of rotatable bonds is 3. The fourth-order valence-corrected chi connectivity index (χ4v) is 3.82. The van der Waals surface area contributed by atoms with Crippen molar-refractivity contribution >= 4 is 38.8 Å². The Bertz CT molecular complexity index is 549. The average molecular weight is 373 g/mol. The Morgan fingerprint density at radius 1 is 1.38 bits per heavy atom. The van der Waals surface area contributed by atoms with Gasteiger partial charge in [0, 0.05) is 18.7 Å². The highest BCUT2D eigenvalue weighted by molar-refractivity contribution is 9.10. The van der Waals surface area contributed by atoms with Crippen molar-refractivity contribution in [1.82, 2.24) is 0 Å². The van der Waals surface area contributed by atoms with E-state index in [2.05, 4.69) is 34.7 Å². The summed E-state index contributed by atoms with van der Waals surface area (Å²) < 4.78 is 14.9. The Kier molecular flexibility index (Phi) is 4.93. The summed E-state index contributed by atoms with van der Waals surface area (Å²) in [5.41, 5.74) is 7.16. The van der Waals surface area contributed by atoms with Crippen LogP contribution in [0.3, 0.4) is 0 Å². The van der Waals surface area contributed by atoms with Gasteiger partial charge in [-0.2, -0.15) is 0 Å². The van der Waals surface area contributed by atoms with Gasteiger partial charge in [-0.25, -0.2) is 4.39 Å². The van der Waals surface area contributed by atoms with Crippen molar-refractivity contribution < 1.29 is 4.39 Å². The SMILES string of the molecule is CN(c1ccc(C(N)=S)c(Br)c1F)C1CCC(C)(C)CC1. The Morgan fingerprint density at radius 3 is 2.48 bits per heavy atom. The molecule has 0 spiro atoms. The fourth-order valence-electron chi connectivity index (χ4n) is 2.97. The number of hydrogen-bond acceptors (Lipinski definition) is 2. The average Bonchev–Trinajstić information content (AvgIpc) is 2.40. The molecule has 116 valence electrons. The zero-order valence-corrected chi connectivity index (χ0v) is 15.2. The second kappa shape index (κ2) is 6.21. The van der Waals surface area contributed by atoms with E-state index in [0.717, 1.165) is 12.8 Å². The predicted octanol–water partition coefficient (Wildman–Crippen LogP) is 4.63. The lowest BCUT2D eigenvalue weighted by Crippen LogP contribution is -2.37. The third-order valence-corrected chi connectivity index (χ3v) is 5.56. The minimum atomic E-state index is -0.285. The molecular weight excluding hydrogens is 351 g/mol. The lowest BCUT2D eigenvalue weighted by atomic mass is 9.75. The molecule has 2 rings (SSSR count). The summed E-state index contributed by atoms with van der Waals surface area (Å²) in [6.07, 6.45) is 4.54. The highest BCUT2D eigenvalue weighted by atomic mass is 79.9. The highest BCUT2D eigenvalue weighted by Gasteiger charge is 2.30. The molecule has 1 fully saturated rings. The molecule has 1 saturated carbocycles. The molecule has 0 saturated heterocycles. The van der Waals surface area contributed by atoms with Crippen molar-refractivity contribution in [2.45, 2.75) is 45.6 Å². The summed E-state index contributed by atoms with van der Waals surface area (Å²) in [5, 5.41) is 0. The molecular formula is C16H22BrFN2S. The zero-order chi connectivity index (χ0) is 15.8. The molecule has 0 heterocycles. The van der Waals surface area contributed by atoms with E-state index in [0.29, 0.717) is 27.2 Å². The lowest BCUT2D eigenvalue weighted by Gasteiger charge is -2.39. The predicted molar refractivity (Wildman–Crippen MR) is 94.4 cm³/mol. The van der Waals surface area contributed by atoms with Gasteiger partial charge in [0.2, 0.25) is 0 Å². The molecule has 0 aromatic heterocycles. The molecule has 5 heteroatoms. The minimum Gasteiger partial charge on any atom is -0.389 e. The largest absolute Gasteiger partial charge is 0.389 e. The van der Waals surface area contributed by atoms with Crippen molar-refractivity contribution in [3.63, 3.8) is 0 Å². The number of thiocarbonyl (C=S) groups is 1. The van der Waals surface area contributed by atoms with E-state index in [-0.39, 0.29) is 10.8 Å². The minimum absolute atomic E-state index is 0.203. The van der Waals surface area contributed by atoms with Crippen molar-refractivity contribution in [1.29, 1.82) is 0 Å². The maximum absolute atomic E-state index is 14.6. The summed E-state index contributed by atoms with van der Waals surface area (Å²) in [6.45, 7) is 4.61. The summed E-state index contributed by atoms with van der Waals surface area (Å²) in [7, 11) is 1.97. The first-order valence-electron chi connectivity index (χ1n) is 7.23. The van der Waals surface area contributed by atoms with E-state index in [4.69, 9.17) is 18.0 Å². The lowest BCUT2D eigenvalue weighted by molar-refractivity contribution is 0.222. The van der Waals surface area contributed by atoms with E-state index in [9.17, 15) is 4.39 Å². The first-order chi connectivity index (χ1) is 9.73. The van der Waals surface area contributed by atoms with Gasteiger partial charge in [0.1, 0.15) is 4.99 Å². The molecule has 1 aromatic carbocycles. The van der Waals surface area contributed by atoms with Gasteiger partial charge in [-0.05, 0) is 59.2 Å². The maximum Gasteiger partial charge on any atom is 0.161 e. The van der Waals surface area contributed by atoms with Crippen LogP contribution in [0.25, 0.3) is 0 Å².